The summed E-state index contributed by atoms with van der Waals surface area (Å²) in [7, 11) is -3.35. The van der Waals surface area contributed by atoms with E-state index in [0.29, 0.717) is 49.5 Å². The van der Waals surface area contributed by atoms with Crippen LogP contribution in [0.25, 0.3) is 0 Å². The minimum absolute atomic E-state index is 0.0337. The summed E-state index contributed by atoms with van der Waals surface area (Å²) in [5.74, 6) is -1.33. The van der Waals surface area contributed by atoms with E-state index >= 15 is 0 Å². The van der Waals surface area contributed by atoms with E-state index in [1.54, 1.807) is 54.5 Å². The minimum Gasteiger partial charge on any atom is -0.348 e. The van der Waals surface area contributed by atoms with E-state index in [9.17, 15) is 22.8 Å². The number of benzene rings is 1. The van der Waals surface area contributed by atoms with E-state index in [4.69, 9.17) is 0 Å². The molecule has 0 unspecified atom stereocenters. The lowest BCUT2D eigenvalue weighted by atomic mass is 9.96. The summed E-state index contributed by atoms with van der Waals surface area (Å²) in [4.78, 5) is 43.1. The fourth-order valence-corrected chi connectivity index (χ4v) is 5.90. The van der Waals surface area contributed by atoms with Gasteiger partial charge in [-0.25, -0.2) is 8.42 Å². The lowest BCUT2D eigenvalue weighted by Gasteiger charge is -2.32. The first-order valence-corrected chi connectivity index (χ1v) is 13.2. The number of carbonyl (C=O) groups excluding carboxylic acids is 3. The van der Waals surface area contributed by atoms with Crippen molar-refractivity contribution in [3.8, 4) is 0 Å². The Hall–Kier alpha value is -3.47. The lowest BCUT2D eigenvalue weighted by Crippen LogP contribution is -2.43. The zero-order valence-corrected chi connectivity index (χ0v) is 20.4. The topological polar surface area (TPSA) is 129 Å². The van der Waals surface area contributed by atoms with Crippen molar-refractivity contribution in [2.75, 3.05) is 41.6 Å². The largest absolute Gasteiger partial charge is 0.348 e. The number of carbonyl (C=O) groups is 3. The van der Waals surface area contributed by atoms with Crippen molar-refractivity contribution in [3.63, 3.8) is 0 Å². The van der Waals surface area contributed by atoms with E-state index in [0.717, 1.165) is 18.4 Å². The highest BCUT2D eigenvalue weighted by molar-refractivity contribution is 7.93. The van der Waals surface area contributed by atoms with Gasteiger partial charge in [-0.2, -0.15) is 0 Å². The van der Waals surface area contributed by atoms with Gasteiger partial charge in [-0.3, -0.25) is 23.7 Å². The molecule has 186 valence electrons. The molecule has 0 aliphatic carbocycles. The number of aromatic nitrogens is 1. The van der Waals surface area contributed by atoms with Crippen LogP contribution >= 0.6 is 0 Å². The Morgan fingerprint density at radius 2 is 1.74 bits per heavy atom. The summed E-state index contributed by atoms with van der Waals surface area (Å²) >= 11 is 0. The standard InChI is InChI=1S/C24H29N5O5S/c1-17-3-4-20(29-11-2-14-35(29,33)34)15-21(17)27-23(31)22(30)26-16-18-7-12-28(13-8-18)24(32)19-5-9-25-10-6-19/h3-6,9-10,15,18H,2,7-8,11-14,16H2,1H3,(H,26,30)(H,27,31). The average molecular weight is 500 g/mol. The Labute approximate surface area is 204 Å². The van der Waals surface area contributed by atoms with Gasteiger partial charge in [0.2, 0.25) is 10.0 Å². The van der Waals surface area contributed by atoms with Crippen LogP contribution in [0.1, 0.15) is 35.2 Å². The van der Waals surface area contributed by atoms with Gasteiger partial charge < -0.3 is 15.5 Å². The van der Waals surface area contributed by atoms with Crippen LogP contribution in [0, 0.1) is 12.8 Å². The number of aryl methyl sites for hydroxylation is 1. The molecule has 0 spiro atoms. The zero-order valence-electron chi connectivity index (χ0n) is 19.6. The first kappa shape index (κ1) is 24.6. The Bertz CT molecular complexity index is 1210. The van der Waals surface area contributed by atoms with Crippen LogP contribution in [0.4, 0.5) is 11.4 Å². The molecule has 2 saturated heterocycles. The fraction of sp³-hybridized carbons (Fsp3) is 0.417. The average Bonchev–Trinajstić information content (AvgIpc) is 3.23. The Kier molecular flexibility index (Phi) is 7.34. The molecule has 0 bridgehead atoms. The number of nitrogens with zero attached hydrogens (tertiary/aromatic N) is 3. The third-order valence-corrected chi connectivity index (χ3v) is 8.31. The number of piperidine rings is 1. The van der Waals surface area contributed by atoms with Crippen molar-refractivity contribution in [1.29, 1.82) is 0 Å². The molecule has 0 atom stereocenters. The summed E-state index contributed by atoms with van der Waals surface area (Å²) in [5, 5.41) is 5.28. The third kappa shape index (κ3) is 5.79. The molecule has 3 heterocycles. The normalized spacial score (nSPS) is 17.7. The first-order valence-electron chi connectivity index (χ1n) is 11.6. The Morgan fingerprint density at radius 3 is 2.40 bits per heavy atom. The van der Waals surface area contributed by atoms with Crippen LogP contribution in [0.2, 0.25) is 0 Å². The predicted octanol–water partition coefficient (Wildman–Crippen LogP) is 1.54. The molecule has 11 heteroatoms. The summed E-state index contributed by atoms with van der Waals surface area (Å²) in [5.41, 5.74) is 2.19. The highest BCUT2D eigenvalue weighted by Crippen LogP contribution is 2.28. The van der Waals surface area contributed by atoms with Gasteiger partial charge in [-0.15, -0.1) is 0 Å². The molecular weight excluding hydrogens is 470 g/mol. The summed E-state index contributed by atoms with van der Waals surface area (Å²) in [6.45, 7) is 3.68. The summed E-state index contributed by atoms with van der Waals surface area (Å²) in [6, 6.07) is 8.37. The maximum absolute atomic E-state index is 12.5. The number of pyridine rings is 1. The minimum atomic E-state index is -3.35. The van der Waals surface area contributed by atoms with E-state index in [-0.39, 0.29) is 17.6 Å². The molecule has 1 aromatic heterocycles. The second-order valence-corrected chi connectivity index (χ2v) is 10.9. The fourth-order valence-electron chi connectivity index (χ4n) is 4.34. The number of anilines is 2. The molecule has 10 nitrogen and oxygen atoms in total. The van der Waals surface area contributed by atoms with Gasteiger partial charge in [0.1, 0.15) is 0 Å². The summed E-state index contributed by atoms with van der Waals surface area (Å²) < 4.78 is 25.7. The number of rotatable bonds is 5. The smallest absolute Gasteiger partial charge is 0.313 e. The van der Waals surface area contributed by atoms with Gasteiger partial charge in [0.25, 0.3) is 5.91 Å². The first-order chi connectivity index (χ1) is 16.7. The van der Waals surface area contributed by atoms with E-state index in [1.165, 1.54) is 4.31 Å². The highest BCUT2D eigenvalue weighted by atomic mass is 32.2. The van der Waals surface area contributed by atoms with Crippen molar-refractivity contribution in [1.82, 2.24) is 15.2 Å². The molecule has 4 rings (SSSR count). The number of nitrogens with one attached hydrogen (secondary N) is 2. The third-order valence-electron chi connectivity index (χ3n) is 6.44. The molecular formula is C24H29N5O5S. The van der Waals surface area contributed by atoms with Crippen LogP contribution in [-0.2, 0) is 19.6 Å². The molecule has 35 heavy (non-hydrogen) atoms. The van der Waals surface area contributed by atoms with Gasteiger partial charge in [-0.05, 0) is 61.9 Å². The zero-order chi connectivity index (χ0) is 25.0. The summed E-state index contributed by atoms with van der Waals surface area (Å²) in [6.07, 6.45) is 5.19. The lowest BCUT2D eigenvalue weighted by molar-refractivity contribution is -0.136. The van der Waals surface area contributed by atoms with Crippen LogP contribution in [0.5, 0.6) is 0 Å². The highest BCUT2D eigenvalue weighted by Gasteiger charge is 2.29. The second kappa shape index (κ2) is 10.4. The van der Waals surface area contributed by atoms with E-state index in [1.807, 2.05) is 0 Å². The van der Waals surface area contributed by atoms with Gasteiger partial charge in [0, 0.05) is 49.8 Å². The van der Waals surface area contributed by atoms with Gasteiger partial charge in [-0.1, -0.05) is 6.07 Å². The molecule has 1 aromatic carbocycles. The quantitative estimate of drug-likeness (QED) is 0.601. The molecule has 2 N–H and O–H groups in total. The van der Waals surface area contributed by atoms with Gasteiger partial charge >= 0.3 is 11.8 Å². The predicted molar refractivity (Wildman–Crippen MR) is 131 cm³/mol. The maximum Gasteiger partial charge on any atom is 0.313 e. The van der Waals surface area contributed by atoms with Gasteiger partial charge in [0.15, 0.2) is 0 Å². The molecule has 0 radical (unpaired) electrons. The molecule has 2 fully saturated rings. The number of sulfonamides is 1. The van der Waals surface area contributed by atoms with Crippen molar-refractivity contribution < 1.29 is 22.8 Å². The second-order valence-electron chi connectivity index (χ2n) is 8.88. The van der Waals surface area contributed by atoms with E-state index < -0.39 is 21.8 Å². The molecule has 2 aliphatic rings. The molecule has 2 aliphatic heterocycles. The van der Waals surface area contributed by atoms with Crippen LogP contribution < -0.4 is 14.9 Å². The van der Waals surface area contributed by atoms with Crippen LogP contribution in [-0.4, -0.2) is 68.0 Å². The number of likely N-dealkylation sites (tertiary alicyclic amines) is 1. The monoisotopic (exact) mass is 499 g/mol. The van der Waals surface area contributed by atoms with Crippen molar-refractivity contribution >= 4 is 39.1 Å². The number of hydrogen-bond donors (Lipinski definition) is 2. The van der Waals surface area contributed by atoms with Crippen molar-refractivity contribution in [3.05, 3.63) is 53.9 Å². The van der Waals surface area contributed by atoms with Crippen LogP contribution in [0.15, 0.2) is 42.7 Å². The Balaban J connectivity index is 1.27. The molecule has 3 amide bonds. The van der Waals surface area contributed by atoms with Gasteiger partial charge in [0.05, 0.1) is 11.4 Å². The molecule has 2 aromatic rings. The number of amides is 3. The van der Waals surface area contributed by atoms with Crippen molar-refractivity contribution in [2.24, 2.45) is 5.92 Å². The number of hydrogen-bond acceptors (Lipinski definition) is 6. The van der Waals surface area contributed by atoms with Crippen LogP contribution in [0.3, 0.4) is 0 Å². The SMILES string of the molecule is Cc1ccc(N2CCCS2(=O)=O)cc1NC(=O)C(=O)NCC1CCN(C(=O)c2ccncc2)CC1. The molecule has 0 saturated carbocycles. The Morgan fingerprint density at radius 1 is 1.03 bits per heavy atom. The maximum atomic E-state index is 12.5. The van der Waals surface area contributed by atoms with Crippen molar-refractivity contribution in [2.45, 2.75) is 26.2 Å². The van der Waals surface area contributed by atoms with E-state index in [2.05, 4.69) is 15.6 Å².